The van der Waals surface area contributed by atoms with Gasteiger partial charge in [0.1, 0.15) is 5.75 Å². The molecule has 0 bridgehead atoms. The van der Waals surface area contributed by atoms with E-state index >= 15 is 0 Å². The predicted octanol–water partition coefficient (Wildman–Crippen LogP) is 0.835. The van der Waals surface area contributed by atoms with Crippen molar-refractivity contribution >= 4 is 0 Å². The maximum atomic E-state index is 13.3. The molecule has 0 spiro atoms. The van der Waals surface area contributed by atoms with Crippen molar-refractivity contribution in [1.29, 1.82) is 0 Å². The lowest BCUT2D eigenvalue weighted by Gasteiger charge is -2.15. The number of ether oxygens (including phenoxy) is 2. The molecule has 3 N–H and O–H groups in total. The average molecular weight is 215 g/mol. The van der Waals surface area contributed by atoms with Crippen molar-refractivity contribution in [2.45, 2.75) is 6.04 Å². The number of aliphatic hydroxyl groups excluding tert-OH is 1. The Balaban J connectivity index is 3.21. The van der Waals surface area contributed by atoms with E-state index in [0.29, 0.717) is 11.3 Å². The van der Waals surface area contributed by atoms with Gasteiger partial charge in [0.05, 0.1) is 26.9 Å². The molecule has 0 heterocycles. The molecule has 1 atom stereocenters. The molecule has 15 heavy (non-hydrogen) atoms. The average Bonchev–Trinajstić information content (AvgIpc) is 2.27. The standard InChI is InChI=1S/C10H14FNO3/c1-14-9-4-10(15-2)7(11)3-6(9)8(12)5-13/h3-4,8,13H,5,12H2,1-2H3. The molecule has 1 aromatic carbocycles. The van der Waals surface area contributed by atoms with E-state index in [1.807, 2.05) is 0 Å². The van der Waals surface area contributed by atoms with Crippen molar-refractivity contribution in [3.8, 4) is 11.5 Å². The summed E-state index contributed by atoms with van der Waals surface area (Å²) in [6.45, 7) is -0.276. The van der Waals surface area contributed by atoms with Gasteiger partial charge in [0.15, 0.2) is 11.6 Å². The molecule has 0 aliphatic rings. The summed E-state index contributed by atoms with van der Waals surface area (Å²) in [5.74, 6) is -0.0484. The highest BCUT2D eigenvalue weighted by atomic mass is 19.1. The van der Waals surface area contributed by atoms with Crippen LogP contribution in [0.3, 0.4) is 0 Å². The second-order valence-corrected chi connectivity index (χ2v) is 3.02. The number of methoxy groups -OCH3 is 2. The summed E-state index contributed by atoms with van der Waals surface area (Å²) in [6, 6.07) is 1.94. The molecule has 0 saturated heterocycles. The lowest BCUT2D eigenvalue weighted by molar-refractivity contribution is 0.264. The third-order valence-corrected chi connectivity index (χ3v) is 2.10. The summed E-state index contributed by atoms with van der Waals surface area (Å²) in [5.41, 5.74) is 6.01. The summed E-state index contributed by atoms with van der Waals surface area (Å²) in [4.78, 5) is 0. The van der Waals surface area contributed by atoms with Gasteiger partial charge in [0.25, 0.3) is 0 Å². The maximum absolute atomic E-state index is 13.3. The van der Waals surface area contributed by atoms with Crippen LogP contribution in [-0.4, -0.2) is 25.9 Å². The largest absolute Gasteiger partial charge is 0.496 e. The number of hydrogen-bond acceptors (Lipinski definition) is 4. The Morgan fingerprint density at radius 3 is 2.40 bits per heavy atom. The Morgan fingerprint density at radius 1 is 1.33 bits per heavy atom. The van der Waals surface area contributed by atoms with Crippen molar-refractivity contribution < 1.29 is 19.0 Å². The number of rotatable bonds is 4. The van der Waals surface area contributed by atoms with Crippen LogP contribution in [0.4, 0.5) is 4.39 Å². The minimum absolute atomic E-state index is 0.0840. The number of aliphatic hydroxyl groups is 1. The van der Waals surface area contributed by atoms with Crippen LogP contribution in [0.15, 0.2) is 12.1 Å². The molecule has 84 valence electrons. The molecule has 0 saturated carbocycles. The third-order valence-electron chi connectivity index (χ3n) is 2.10. The van der Waals surface area contributed by atoms with Crippen LogP contribution < -0.4 is 15.2 Å². The highest BCUT2D eigenvalue weighted by Crippen LogP contribution is 2.30. The van der Waals surface area contributed by atoms with E-state index in [2.05, 4.69) is 0 Å². The van der Waals surface area contributed by atoms with E-state index in [0.717, 1.165) is 0 Å². The molecule has 1 aromatic rings. The van der Waals surface area contributed by atoms with Crippen LogP contribution >= 0.6 is 0 Å². The van der Waals surface area contributed by atoms with Gasteiger partial charge >= 0.3 is 0 Å². The van der Waals surface area contributed by atoms with Crippen LogP contribution in [0, 0.1) is 5.82 Å². The molecule has 0 aliphatic carbocycles. The molecular formula is C10H14FNO3. The summed E-state index contributed by atoms with van der Waals surface area (Å²) in [7, 11) is 2.81. The first kappa shape index (κ1) is 11.7. The highest BCUT2D eigenvalue weighted by molar-refractivity contribution is 5.43. The van der Waals surface area contributed by atoms with Gasteiger partial charge in [-0.1, -0.05) is 0 Å². The van der Waals surface area contributed by atoms with Crippen molar-refractivity contribution in [2.75, 3.05) is 20.8 Å². The topological polar surface area (TPSA) is 64.7 Å². The molecule has 0 amide bonds. The maximum Gasteiger partial charge on any atom is 0.165 e. The van der Waals surface area contributed by atoms with Crippen molar-refractivity contribution in [2.24, 2.45) is 5.73 Å². The van der Waals surface area contributed by atoms with Crippen molar-refractivity contribution in [1.82, 2.24) is 0 Å². The minimum atomic E-state index is -0.666. The van der Waals surface area contributed by atoms with Crippen molar-refractivity contribution in [3.05, 3.63) is 23.5 Å². The molecular weight excluding hydrogens is 201 g/mol. The molecule has 1 unspecified atom stereocenters. The van der Waals surface area contributed by atoms with Crippen LogP contribution in [0.25, 0.3) is 0 Å². The minimum Gasteiger partial charge on any atom is -0.496 e. The number of halogens is 1. The van der Waals surface area contributed by atoms with Crippen LogP contribution in [-0.2, 0) is 0 Å². The van der Waals surface area contributed by atoms with Gasteiger partial charge in [-0.3, -0.25) is 0 Å². The first-order valence-corrected chi connectivity index (χ1v) is 4.41. The molecule has 0 aliphatic heterocycles. The summed E-state index contributed by atoms with van der Waals surface area (Å²) < 4.78 is 23.2. The number of hydrogen-bond donors (Lipinski definition) is 2. The van der Waals surface area contributed by atoms with Crippen LogP contribution in [0.1, 0.15) is 11.6 Å². The molecule has 0 radical (unpaired) electrons. The number of benzene rings is 1. The first-order valence-electron chi connectivity index (χ1n) is 4.41. The summed E-state index contributed by atoms with van der Waals surface area (Å²) >= 11 is 0. The van der Waals surface area contributed by atoms with E-state index in [1.54, 1.807) is 0 Å². The second kappa shape index (κ2) is 4.95. The first-order chi connectivity index (χ1) is 7.13. The van der Waals surface area contributed by atoms with E-state index in [4.69, 9.17) is 20.3 Å². The van der Waals surface area contributed by atoms with Crippen molar-refractivity contribution in [3.63, 3.8) is 0 Å². The zero-order chi connectivity index (χ0) is 11.4. The zero-order valence-corrected chi connectivity index (χ0v) is 8.66. The van der Waals surface area contributed by atoms with E-state index in [-0.39, 0.29) is 12.4 Å². The SMILES string of the molecule is COc1cc(OC)c(C(N)CO)cc1F. The van der Waals surface area contributed by atoms with Crippen LogP contribution in [0.2, 0.25) is 0 Å². The van der Waals surface area contributed by atoms with E-state index < -0.39 is 11.9 Å². The Bertz CT molecular complexity index is 344. The molecule has 0 fully saturated rings. The Labute approximate surface area is 87.4 Å². The fraction of sp³-hybridized carbons (Fsp3) is 0.400. The van der Waals surface area contributed by atoms with Gasteiger partial charge in [-0.2, -0.15) is 0 Å². The molecule has 1 rings (SSSR count). The Kier molecular flexibility index (Phi) is 3.88. The van der Waals surface area contributed by atoms with Gasteiger partial charge in [-0.05, 0) is 6.07 Å². The summed E-state index contributed by atoms with van der Waals surface area (Å²) in [6.07, 6.45) is 0. The zero-order valence-electron chi connectivity index (χ0n) is 8.66. The van der Waals surface area contributed by atoms with Gasteiger partial charge in [-0.25, -0.2) is 4.39 Å². The van der Waals surface area contributed by atoms with E-state index in [1.165, 1.54) is 26.4 Å². The lowest BCUT2D eigenvalue weighted by Crippen LogP contribution is -2.16. The second-order valence-electron chi connectivity index (χ2n) is 3.02. The van der Waals surface area contributed by atoms with Gasteiger partial charge < -0.3 is 20.3 Å². The quantitative estimate of drug-likeness (QED) is 0.781. The van der Waals surface area contributed by atoms with E-state index in [9.17, 15) is 4.39 Å². The normalized spacial score (nSPS) is 12.3. The van der Waals surface area contributed by atoms with Gasteiger partial charge in [-0.15, -0.1) is 0 Å². The van der Waals surface area contributed by atoms with Crippen LogP contribution in [0.5, 0.6) is 11.5 Å². The fourth-order valence-electron chi connectivity index (χ4n) is 1.27. The highest BCUT2D eigenvalue weighted by Gasteiger charge is 2.15. The number of nitrogens with two attached hydrogens (primary N) is 1. The Morgan fingerprint density at radius 2 is 1.93 bits per heavy atom. The smallest absolute Gasteiger partial charge is 0.165 e. The molecule has 5 heteroatoms. The third kappa shape index (κ3) is 2.37. The molecule has 4 nitrogen and oxygen atoms in total. The lowest BCUT2D eigenvalue weighted by atomic mass is 10.1. The summed E-state index contributed by atoms with van der Waals surface area (Å²) in [5, 5.41) is 8.89. The van der Waals surface area contributed by atoms with Gasteiger partial charge in [0, 0.05) is 11.6 Å². The monoisotopic (exact) mass is 215 g/mol. The molecule has 0 aromatic heterocycles. The predicted molar refractivity (Wildman–Crippen MR) is 53.5 cm³/mol. The van der Waals surface area contributed by atoms with Gasteiger partial charge in [0.2, 0.25) is 0 Å². The fourth-order valence-corrected chi connectivity index (χ4v) is 1.27. The Hall–Kier alpha value is -1.33.